The van der Waals surface area contributed by atoms with Crippen molar-refractivity contribution in [1.82, 2.24) is 0 Å². The zero-order chi connectivity index (χ0) is 11.1. The van der Waals surface area contributed by atoms with E-state index < -0.39 is 0 Å². The van der Waals surface area contributed by atoms with Gasteiger partial charge in [-0.3, -0.25) is 4.79 Å². The van der Waals surface area contributed by atoms with Crippen LogP contribution in [0.3, 0.4) is 0 Å². The summed E-state index contributed by atoms with van der Waals surface area (Å²) >= 11 is 0. The normalized spacial score (nSPS) is 10.3. The number of unbranched alkanes of at least 4 members (excludes halogenated alkanes) is 1. The molecule has 0 saturated carbocycles. The summed E-state index contributed by atoms with van der Waals surface area (Å²) in [5, 5.41) is 0. The van der Waals surface area contributed by atoms with E-state index in [-0.39, 0.29) is 18.2 Å². The largest absolute Gasteiger partial charge is 0.373 e. The third-order valence-corrected chi connectivity index (χ3v) is 2.04. The lowest BCUT2D eigenvalue weighted by Crippen LogP contribution is -2.09. The Balaban J connectivity index is 2.37. The summed E-state index contributed by atoms with van der Waals surface area (Å²) in [6.45, 7) is 2.74. The summed E-state index contributed by atoms with van der Waals surface area (Å²) in [5.41, 5.74) is 0.493. The molecule has 0 saturated heterocycles. The number of rotatable bonds is 6. The van der Waals surface area contributed by atoms with Crippen LogP contribution < -0.4 is 0 Å². The zero-order valence-corrected chi connectivity index (χ0v) is 8.83. The van der Waals surface area contributed by atoms with Crippen LogP contribution in [0.15, 0.2) is 24.3 Å². The van der Waals surface area contributed by atoms with E-state index in [1.807, 2.05) is 0 Å². The summed E-state index contributed by atoms with van der Waals surface area (Å²) < 4.78 is 17.7. The Morgan fingerprint density at radius 3 is 2.60 bits per heavy atom. The molecule has 0 spiro atoms. The van der Waals surface area contributed by atoms with E-state index in [2.05, 4.69) is 6.92 Å². The molecule has 0 unspecified atom stereocenters. The highest BCUT2D eigenvalue weighted by molar-refractivity contribution is 5.96. The number of ether oxygens (including phenoxy) is 1. The topological polar surface area (TPSA) is 26.3 Å². The number of halogens is 1. The van der Waals surface area contributed by atoms with Gasteiger partial charge in [0.25, 0.3) is 0 Å². The Bertz CT molecular complexity index is 306. The smallest absolute Gasteiger partial charge is 0.188 e. The van der Waals surface area contributed by atoms with Crippen molar-refractivity contribution in [3.8, 4) is 0 Å². The van der Waals surface area contributed by atoms with Crippen molar-refractivity contribution in [1.29, 1.82) is 0 Å². The molecule has 0 amide bonds. The second-order valence-electron chi connectivity index (χ2n) is 3.34. The Kier molecular flexibility index (Phi) is 4.98. The van der Waals surface area contributed by atoms with Crippen molar-refractivity contribution in [2.75, 3.05) is 13.2 Å². The van der Waals surface area contributed by atoms with E-state index in [0.29, 0.717) is 12.2 Å². The van der Waals surface area contributed by atoms with Gasteiger partial charge in [-0.2, -0.15) is 0 Å². The fourth-order valence-electron chi connectivity index (χ4n) is 1.13. The van der Waals surface area contributed by atoms with Crippen LogP contribution in [0.2, 0.25) is 0 Å². The average Bonchev–Trinajstić information content (AvgIpc) is 2.25. The molecule has 1 rings (SSSR count). The number of benzene rings is 1. The Hall–Kier alpha value is -1.22. The van der Waals surface area contributed by atoms with Gasteiger partial charge >= 0.3 is 0 Å². The summed E-state index contributed by atoms with van der Waals surface area (Å²) in [6.07, 6.45) is 2.00. The number of hydrogen-bond acceptors (Lipinski definition) is 2. The van der Waals surface area contributed by atoms with Crippen molar-refractivity contribution in [3.63, 3.8) is 0 Å². The molecule has 1 aromatic rings. The second-order valence-corrected chi connectivity index (χ2v) is 3.34. The van der Waals surface area contributed by atoms with Crippen molar-refractivity contribution in [3.05, 3.63) is 35.6 Å². The molecule has 0 aliphatic carbocycles. The van der Waals surface area contributed by atoms with Crippen LogP contribution in [0.25, 0.3) is 0 Å². The van der Waals surface area contributed by atoms with Gasteiger partial charge in [0.2, 0.25) is 0 Å². The second kappa shape index (κ2) is 6.30. The summed E-state index contributed by atoms with van der Waals surface area (Å²) in [7, 11) is 0. The molecule has 0 N–H and O–H groups in total. The molecule has 0 fully saturated rings. The Labute approximate surface area is 89.1 Å². The lowest BCUT2D eigenvalue weighted by atomic mass is 10.1. The van der Waals surface area contributed by atoms with Gasteiger partial charge in [0.05, 0.1) is 0 Å². The number of carbonyl (C=O) groups excluding carboxylic acids is 1. The lowest BCUT2D eigenvalue weighted by molar-refractivity contribution is 0.0754. The van der Waals surface area contributed by atoms with Crippen molar-refractivity contribution in [2.45, 2.75) is 19.8 Å². The van der Waals surface area contributed by atoms with Crippen molar-refractivity contribution < 1.29 is 13.9 Å². The van der Waals surface area contributed by atoms with E-state index in [4.69, 9.17) is 4.74 Å². The Morgan fingerprint density at radius 2 is 2.00 bits per heavy atom. The summed E-state index contributed by atoms with van der Waals surface area (Å²) in [4.78, 5) is 11.5. The standard InChI is InChI=1S/C12H15FO2/c1-2-3-8-15-9-12(14)10-4-6-11(13)7-5-10/h4-7H,2-3,8-9H2,1H3. The van der Waals surface area contributed by atoms with Crippen LogP contribution in [0, 0.1) is 5.82 Å². The molecule has 0 aliphatic heterocycles. The monoisotopic (exact) mass is 210 g/mol. The van der Waals surface area contributed by atoms with Gasteiger partial charge in [-0.1, -0.05) is 13.3 Å². The van der Waals surface area contributed by atoms with E-state index in [0.717, 1.165) is 12.8 Å². The van der Waals surface area contributed by atoms with E-state index in [1.165, 1.54) is 24.3 Å². The van der Waals surface area contributed by atoms with Crippen LogP contribution in [-0.4, -0.2) is 19.0 Å². The molecule has 0 bridgehead atoms. The first kappa shape index (κ1) is 11.9. The minimum Gasteiger partial charge on any atom is -0.373 e. The summed E-state index contributed by atoms with van der Waals surface area (Å²) in [5.74, 6) is -0.440. The molecule has 15 heavy (non-hydrogen) atoms. The molecule has 0 aliphatic rings. The third-order valence-electron chi connectivity index (χ3n) is 2.04. The van der Waals surface area contributed by atoms with Crippen LogP contribution in [0.4, 0.5) is 4.39 Å². The summed E-state index contributed by atoms with van der Waals surface area (Å²) in [6, 6.07) is 5.50. The van der Waals surface area contributed by atoms with Gasteiger partial charge in [-0.25, -0.2) is 4.39 Å². The lowest BCUT2D eigenvalue weighted by Gasteiger charge is -2.02. The minimum absolute atomic E-state index is 0.0750. The van der Waals surface area contributed by atoms with Crippen molar-refractivity contribution in [2.24, 2.45) is 0 Å². The molecular weight excluding hydrogens is 195 g/mol. The molecule has 0 aromatic heterocycles. The molecule has 1 aromatic carbocycles. The molecule has 3 heteroatoms. The first-order chi connectivity index (χ1) is 7.24. The molecular formula is C12H15FO2. The predicted octanol–water partition coefficient (Wildman–Crippen LogP) is 2.83. The number of ketones is 1. The highest BCUT2D eigenvalue weighted by atomic mass is 19.1. The van der Waals surface area contributed by atoms with Gasteiger partial charge in [0, 0.05) is 12.2 Å². The van der Waals surface area contributed by atoms with Crippen LogP contribution in [-0.2, 0) is 4.74 Å². The molecule has 0 radical (unpaired) electrons. The van der Waals surface area contributed by atoms with Crippen molar-refractivity contribution >= 4 is 5.78 Å². The van der Waals surface area contributed by atoms with Crippen LogP contribution in [0.1, 0.15) is 30.1 Å². The molecule has 0 heterocycles. The SMILES string of the molecule is CCCCOCC(=O)c1ccc(F)cc1. The van der Waals surface area contributed by atoms with Gasteiger partial charge in [0.15, 0.2) is 5.78 Å². The molecule has 0 atom stereocenters. The van der Waals surface area contributed by atoms with Crippen LogP contribution in [0.5, 0.6) is 0 Å². The maximum absolute atomic E-state index is 12.6. The van der Waals surface area contributed by atoms with E-state index in [1.54, 1.807) is 0 Å². The molecule has 82 valence electrons. The van der Waals surface area contributed by atoms with E-state index in [9.17, 15) is 9.18 Å². The van der Waals surface area contributed by atoms with Gasteiger partial charge in [0.1, 0.15) is 12.4 Å². The fourth-order valence-corrected chi connectivity index (χ4v) is 1.13. The van der Waals surface area contributed by atoms with Crippen LogP contribution >= 0.6 is 0 Å². The number of Topliss-reactive ketones (excluding diaryl/α,β-unsaturated/α-hetero) is 1. The number of hydrogen-bond donors (Lipinski definition) is 0. The number of carbonyl (C=O) groups is 1. The first-order valence-corrected chi connectivity index (χ1v) is 5.10. The van der Waals surface area contributed by atoms with Gasteiger partial charge < -0.3 is 4.74 Å². The molecule has 2 nitrogen and oxygen atoms in total. The highest BCUT2D eigenvalue weighted by Crippen LogP contribution is 2.04. The quantitative estimate of drug-likeness (QED) is 0.533. The predicted molar refractivity (Wildman–Crippen MR) is 56.5 cm³/mol. The third kappa shape index (κ3) is 4.21. The zero-order valence-electron chi connectivity index (χ0n) is 8.83. The van der Waals surface area contributed by atoms with Gasteiger partial charge in [-0.05, 0) is 30.7 Å². The van der Waals surface area contributed by atoms with Gasteiger partial charge in [-0.15, -0.1) is 0 Å². The maximum atomic E-state index is 12.6. The minimum atomic E-state index is -0.335. The average molecular weight is 210 g/mol. The highest BCUT2D eigenvalue weighted by Gasteiger charge is 2.05. The Morgan fingerprint density at radius 1 is 1.33 bits per heavy atom. The maximum Gasteiger partial charge on any atom is 0.188 e. The fraction of sp³-hybridized carbons (Fsp3) is 0.417. The van der Waals surface area contributed by atoms with E-state index >= 15 is 0 Å². The first-order valence-electron chi connectivity index (χ1n) is 5.10.